The number of nitrogens with one attached hydrogen (secondary N) is 1. The smallest absolute Gasteiger partial charge is 0.237 e. The SMILES string of the molecule is CCC(CCO)CNC(=O)[C@@H](N)Cc1ccc(O)c(O)c1. The van der Waals surface area contributed by atoms with E-state index in [1.165, 1.54) is 12.1 Å². The first-order valence-corrected chi connectivity index (χ1v) is 7.12. The molecule has 0 heterocycles. The number of nitrogens with two attached hydrogens (primary N) is 1. The molecule has 0 spiro atoms. The Balaban J connectivity index is 2.48. The van der Waals surface area contributed by atoms with Crippen LogP contribution in [0.15, 0.2) is 18.2 Å². The third-order valence-corrected chi connectivity index (χ3v) is 3.51. The van der Waals surface area contributed by atoms with Crippen molar-refractivity contribution in [3.8, 4) is 11.5 Å². The maximum atomic E-state index is 11.9. The molecule has 0 aliphatic rings. The van der Waals surface area contributed by atoms with E-state index in [1.807, 2.05) is 6.92 Å². The third kappa shape index (κ3) is 5.61. The molecule has 1 amide bonds. The van der Waals surface area contributed by atoms with Gasteiger partial charge in [0.1, 0.15) is 0 Å². The molecular formula is C15H24N2O4. The number of amides is 1. The van der Waals surface area contributed by atoms with Crippen LogP contribution in [-0.2, 0) is 11.2 Å². The highest BCUT2D eigenvalue weighted by Gasteiger charge is 2.16. The number of phenolic OH excluding ortho intramolecular Hbond substituents is 2. The molecule has 6 nitrogen and oxygen atoms in total. The first-order valence-electron chi connectivity index (χ1n) is 7.12. The summed E-state index contributed by atoms with van der Waals surface area (Å²) in [4.78, 5) is 11.9. The zero-order chi connectivity index (χ0) is 15.8. The number of aliphatic hydroxyl groups excluding tert-OH is 1. The molecule has 6 N–H and O–H groups in total. The number of hydrogen-bond donors (Lipinski definition) is 5. The zero-order valence-corrected chi connectivity index (χ0v) is 12.2. The Morgan fingerprint density at radius 1 is 1.33 bits per heavy atom. The van der Waals surface area contributed by atoms with Crippen LogP contribution in [0.4, 0.5) is 0 Å². The van der Waals surface area contributed by atoms with Gasteiger partial charge in [0.15, 0.2) is 11.5 Å². The largest absolute Gasteiger partial charge is 0.504 e. The molecule has 0 saturated heterocycles. The first kappa shape index (κ1) is 17.3. The van der Waals surface area contributed by atoms with E-state index in [0.717, 1.165) is 6.42 Å². The summed E-state index contributed by atoms with van der Waals surface area (Å²) in [6, 6.07) is 3.65. The lowest BCUT2D eigenvalue weighted by molar-refractivity contribution is -0.122. The lowest BCUT2D eigenvalue weighted by Crippen LogP contribution is -2.43. The molecular weight excluding hydrogens is 272 g/mol. The van der Waals surface area contributed by atoms with Crippen molar-refractivity contribution in [2.45, 2.75) is 32.2 Å². The summed E-state index contributed by atoms with van der Waals surface area (Å²) in [5, 5.41) is 30.3. The Morgan fingerprint density at radius 2 is 2.05 bits per heavy atom. The molecule has 1 unspecified atom stereocenters. The maximum Gasteiger partial charge on any atom is 0.237 e. The van der Waals surface area contributed by atoms with Gasteiger partial charge in [-0.1, -0.05) is 19.4 Å². The molecule has 118 valence electrons. The van der Waals surface area contributed by atoms with Crippen LogP contribution in [0.2, 0.25) is 0 Å². The molecule has 2 atom stereocenters. The van der Waals surface area contributed by atoms with Gasteiger partial charge in [-0.25, -0.2) is 0 Å². The number of hydrogen-bond acceptors (Lipinski definition) is 5. The maximum absolute atomic E-state index is 11.9. The van der Waals surface area contributed by atoms with Gasteiger partial charge in [-0.15, -0.1) is 0 Å². The third-order valence-electron chi connectivity index (χ3n) is 3.51. The normalized spacial score (nSPS) is 13.7. The molecule has 0 aromatic heterocycles. The fourth-order valence-corrected chi connectivity index (χ4v) is 2.05. The molecule has 0 aliphatic heterocycles. The molecule has 21 heavy (non-hydrogen) atoms. The molecule has 1 aromatic rings. The molecule has 6 heteroatoms. The molecule has 0 aliphatic carbocycles. The highest BCUT2D eigenvalue weighted by molar-refractivity contribution is 5.81. The van der Waals surface area contributed by atoms with E-state index >= 15 is 0 Å². The van der Waals surface area contributed by atoms with Gasteiger partial charge in [0, 0.05) is 13.2 Å². The van der Waals surface area contributed by atoms with E-state index in [1.54, 1.807) is 6.07 Å². The van der Waals surface area contributed by atoms with E-state index in [0.29, 0.717) is 18.5 Å². The zero-order valence-electron chi connectivity index (χ0n) is 12.2. The topological polar surface area (TPSA) is 116 Å². The highest BCUT2D eigenvalue weighted by atomic mass is 16.3. The monoisotopic (exact) mass is 296 g/mol. The van der Waals surface area contributed by atoms with Crippen molar-refractivity contribution in [1.29, 1.82) is 0 Å². The second kappa shape index (κ2) is 8.49. The number of aromatic hydroxyl groups is 2. The molecule has 0 bridgehead atoms. The lowest BCUT2D eigenvalue weighted by Gasteiger charge is -2.17. The average Bonchev–Trinajstić information content (AvgIpc) is 2.46. The second-order valence-corrected chi connectivity index (χ2v) is 5.17. The van der Waals surface area contributed by atoms with Gasteiger partial charge in [0.2, 0.25) is 5.91 Å². The number of benzene rings is 1. The lowest BCUT2D eigenvalue weighted by atomic mass is 10.0. The van der Waals surface area contributed by atoms with Gasteiger partial charge in [0.25, 0.3) is 0 Å². The van der Waals surface area contributed by atoms with E-state index in [-0.39, 0.29) is 36.4 Å². The fraction of sp³-hybridized carbons (Fsp3) is 0.533. The van der Waals surface area contributed by atoms with Gasteiger partial charge >= 0.3 is 0 Å². The van der Waals surface area contributed by atoms with Crippen molar-refractivity contribution >= 4 is 5.91 Å². The number of carbonyl (C=O) groups excluding carboxylic acids is 1. The Bertz CT molecular complexity index is 465. The minimum Gasteiger partial charge on any atom is -0.504 e. The van der Waals surface area contributed by atoms with Crippen LogP contribution in [0.5, 0.6) is 11.5 Å². The summed E-state index contributed by atoms with van der Waals surface area (Å²) in [6.45, 7) is 2.60. The van der Waals surface area contributed by atoms with E-state index in [2.05, 4.69) is 5.32 Å². The van der Waals surface area contributed by atoms with Crippen LogP contribution in [0.25, 0.3) is 0 Å². The highest BCUT2D eigenvalue weighted by Crippen LogP contribution is 2.25. The molecule has 0 radical (unpaired) electrons. The fourth-order valence-electron chi connectivity index (χ4n) is 2.05. The Kier molecular flexibility index (Phi) is 6.98. The summed E-state index contributed by atoms with van der Waals surface area (Å²) in [6.07, 6.45) is 1.80. The summed E-state index contributed by atoms with van der Waals surface area (Å²) in [5.41, 5.74) is 6.51. The summed E-state index contributed by atoms with van der Waals surface area (Å²) < 4.78 is 0. The second-order valence-electron chi connectivity index (χ2n) is 5.17. The van der Waals surface area contributed by atoms with Crippen molar-refractivity contribution in [1.82, 2.24) is 5.32 Å². The molecule has 1 rings (SSSR count). The Hall–Kier alpha value is -1.79. The van der Waals surface area contributed by atoms with Crippen molar-refractivity contribution < 1.29 is 20.1 Å². The van der Waals surface area contributed by atoms with E-state index < -0.39 is 6.04 Å². The van der Waals surface area contributed by atoms with Crippen LogP contribution in [-0.4, -0.2) is 40.4 Å². The van der Waals surface area contributed by atoms with Crippen LogP contribution >= 0.6 is 0 Å². The minimum atomic E-state index is -0.722. The number of rotatable bonds is 8. The van der Waals surface area contributed by atoms with Crippen LogP contribution in [0.1, 0.15) is 25.3 Å². The average molecular weight is 296 g/mol. The van der Waals surface area contributed by atoms with Gasteiger partial charge < -0.3 is 26.4 Å². The van der Waals surface area contributed by atoms with Crippen molar-refractivity contribution in [2.24, 2.45) is 11.7 Å². The number of aliphatic hydroxyl groups is 1. The summed E-state index contributed by atoms with van der Waals surface area (Å²) in [7, 11) is 0. The summed E-state index contributed by atoms with van der Waals surface area (Å²) >= 11 is 0. The van der Waals surface area contributed by atoms with E-state index in [4.69, 9.17) is 10.8 Å². The number of carbonyl (C=O) groups is 1. The predicted octanol–water partition coefficient (Wildman–Crippen LogP) is 0.492. The van der Waals surface area contributed by atoms with Gasteiger partial charge in [-0.05, 0) is 36.5 Å². The predicted molar refractivity (Wildman–Crippen MR) is 79.9 cm³/mol. The van der Waals surface area contributed by atoms with Gasteiger partial charge in [0.05, 0.1) is 6.04 Å². The Morgan fingerprint density at radius 3 is 2.62 bits per heavy atom. The standard InChI is InChI=1S/C15H24N2O4/c1-2-10(5-6-18)9-17-15(21)12(16)7-11-3-4-13(19)14(20)8-11/h3-4,8,10,12,18-20H,2,5-7,9,16H2,1H3,(H,17,21)/t10?,12-/m0/s1. The number of phenols is 2. The quantitative estimate of drug-likeness (QED) is 0.448. The van der Waals surface area contributed by atoms with Crippen LogP contribution in [0, 0.1) is 5.92 Å². The van der Waals surface area contributed by atoms with Crippen molar-refractivity contribution in [2.75, 3.05) is 13.2 Å². The van der Waals surface area contributed by atoms with E-state index in [9.17, 15) is 15.0 Å². The van der Waals surface area contributed by atoms with Crippen molar-refractivity contribution in [3.05, 3.63) is 23.8 Å². The summed E-state index contributed by atoms with van der Waals surface area (Å²) in [5.74, 6) is -0.455. The van der Waals surface area contributed by atoms with Gasteiger partial charge in [-0.2, -0.15) is 0 Å². The van der Waals surface area contributed by atoms with Crippen LogP contribution < -0.4 is 11.1 Å². The molecule has 0 saturated carbocycles. The van der Waals surface area contributed by atoms with Crippen LogP contribution in [0.3, 0.4) is 0 Å². The molecule has 0 fully saturated rings. The first-order chi connectivity index (χ1) is 9.97. The minimum absolute atomic E-state index is 0.104. The van der Waals surface area contributed by atoms with Crippen molar-refractivity contribution in [3.63, 3.8) is 0 Å². The van der Waals surface area contributed by atoms with Gasteiger partial charge in [-0.3, -0.25) is 4.79 Å². The molecule has 1 aromatic carbocycles. The Labute approximate surface area is 124 Å².